The first-order valence-corrected chi connectivity index (χ1v) is 11.2. The van der Waals surface area contributed by atoms with Crippen molar-refractivity contribution in [2.24, 2.45) is 4.99 Å². The Morgan fingerprint density at radius 1 is 1.00 bits per heavy atom. The number of carbonyl (C=O) groups is 1. The SMILES string of the molecule is CC(C)N=c1ccccn1C(=O)c1cc(-c2ccccc2)nc2c1cnn2Cc1ccncc1. The quantitative estimate of drug-likeness (QED) is 0.401. The third-order valence-electron chi connectivity index (χ3n) is 5.44. The van der Waals surface area contributed by atoms with Gasteiger partial charge >= 0.3 is 0 Å². The minimum absolute atomic E-state index is 0.0573. The summed E-state index contributed by atoms with van der Waals surface area (Å²) in [6.07, 6.45) is 6.98. The first-order chi connectivity index (χ1) is 16.6. The lowest BCUT2D eigenvalue weighted by Crippen LogP contribution is -2.28. The number of pyridine rings is 3. The molecule has 0 amide bonds. The maximum atomic E-state index is 13.8. The van der Waals surface area contributed by atoms with Crippen LogP contribution >= 0.6 is 0 Å². The maximum absolute atomic E-state index is 13.8. The zero-order valence-corrected chi connectivity index (χ0v) is 19.0. The van der Waals surface area contributed by atoms with E-state index in [1.807, 2.05) is 85.3 Å². The van der Waals surface area contributed by atoms with Gasteiger partial charge in [-0.1, -0.05) is 36.4 Å². The van der Waals surface area contributed by atoms with Gasteiger partial charge in [0.05, 0.1) is 29.4 Å². The Labute approximate surface area is 197 Å². The van der Waals surface area contributed by atoms with Crippen molar-refractivity contribution in [2.45, 2.75) is 26.4 Å². The topological polar surface area (TPSA) is 78.0 Å². The van der Waals surface area contributed by atoms with Crippen LogP contribution in [0.5, 0.6) is 0 Å². The average molecular weight is 449 g/mol. The summed E-state index contributed by atoms with van der Waals surface area (Å²) in [6, 6.07) is 21.2. The van der Waals surface area contributed by atoms with Crippen LogP contribution in [0.3, 0.4) is 0 Å². The molecule has 5 rings (SSSR count). The highest BCUT2D eigenvalue weighted by Gasteiger charge is 2.19. The Morgan fingerprint density at radius 3 is 2.53 bits per heavy atom. The Balaban J connectivity index is 1.71. The molecule has 0 fully saturated rings. The summed E-state index contributed by atoms with van der Waals surface area (Å²) in [7, 11) is 0. The van der Waals surface area contributed by atoms with Crippen molar-refractivity contribution in [3.8, 4) is 11.3 Å². The number of aromatic nitrogens is 5. The van der Waals surface area contributed by atoms with Gasteiger partial charge in [-0.2, -0.15) is 5.10 Å². The van der Waals surface area contributed by atoms with Gasteiger partial charge < -0.3 is 0 Å². The number of fused-ring (bicyclic) bond motifs is 1. The summed E-state index contributed by atoms with van der Waals surface area (Å²) in [5, 5.41) is 5.28. The Bertz CT molecular complexity index is 1520. The van der Waals surface area contributed by atoms with E-state index in [9.17, 15) is 4.79 Å². The molecule has 7 heteroatoms. The van der Waals surface area contributed by atoms with Gasteiger partial charge in [0.25, 0.3) is 5.91 Å². The molecule has 0 atom stereocenters. The minimum Gasteiger partial charge on any atom is -0.268 e. The number of nitrogens with zero attached hydrogens (tertiary/aromatic N) is 6. The van der Waals surface area contributed by atoms with Crippen molar-refractivity contribution in [3.05, 3.63) is 108 Å². The normalized spacial score (nSPS) is 11.9. The molecule has 0 unspecified atom stereocenters. The summed E-state index contributed by atoms with van der Waals surface area (Å²) in [4.78, 5) is 27.5. The highest BCUT2D eigenvalue weighted by Crippen LogP contribution is 2.26. The van der Waals surface area contributed by atoms with E-state index in [4.69, 9.17) is 4.98 Å². The van der Waals surface area contributed by atoms with Crippen LogP contribution in [0.15, 0.2) is 96.5 Å². The van der Waals surface area contributed by atoms with Gasteiger partial charge in [0.15, 0.2) is 5.65 Å². The van der Waals surface area contributed by atoms with Crippen LogP contribution in [0.4, 0.5) is 0 Å². The van der Waals surface area contributed by atoms with Gasteiger partial charge in [-0.05, 0) is 49.7 Å². The second kappa shape index (κ2) is 9.23. The van der Waals surface area contributed by atoms with E-state index in [0.29, 0.717) is 34.3 Å². The maximum Gasteiger partial charge on any atom is 0.264 e. The molecule has 5 aromatic rings. The van der Waals surface area contributed by atoms with Crippen molar-refractivity contribution in [1.82, 2.24) is 24.3 Å². The van der Waals surface area contributed by atoms with Crippen molar-refractivity contribution in [2.75, 3.05) is 0 Å². The lowest BCUT2D eigenvalue weighted by atomic mass is 10.1. The van der Waals surface area contributed by atoms with Gasteiger partial charge in [-0.3, -0.25) is 19.3 Å². The molecule has 0 aliphatic carbocycles. The summed E-state index contributed by atoms with van der Waals surface area (Å²) in [6.45, 7) is 4.50. The summed E-state index contributed by atoms with van der Waals surface area (Å²) >= 11 is 0. The Morgan fingerprint density at radius 2 is 1.76 bits per heavy atom. The number of carbonyl (C=O) groups excluding carboxylic acids is 1. The van der Waals surface area contributed by atoms with Gasteiger partial charge in [0, 0.05) is 30.2 Å². The molecule has 4 aromatic heterocycles. The third-order valence-corrected chi connectivity index (χ3v) is 5.44. The summed E-state index contributed by atoms with van der Waals surface area (Å²) in [5.74, 6) is -0.173. The standard InChI is InChI=1S/C27H24N6O/c1-19(2)30-25-10-6-7-15-32(25)27(34)22-16-24(21-8-4-3-5-9-21)31-26-23(22)17-29-33(26)18-20-11-13-28-14-12-20/h3-17,19H,18H2,1-2H3. The smallest absolute Gasteiger partial charge is 0.264 e. The number of hydrogen-bond donors (Lipinski definition) is 0. The van der Waals surface area contributed by atoms with E-state index in [2.05, 4.69) is 15.1 Å². The minimum atomic E-state index is -0.173. The van der Waals surface area contributed by atoms with E-state index in [1.165, 1.54) is 0 Å². The summed E-state index contributed by atoms with van der Waals surface area (Å²) in [5.41, 5.74) is 4.49. The van der Waals surface area contributed by atoms with Crippen LogP contribution in [0, 0.1) is 0 Å². The van der Waals surface area contributed by atoms with E-state index < -0.39 is 0 Å². The highest BCUT2D eigenvalue weighted by atomic mass is 16.2. The van der Waals surface area contributed by atoms with Crippen LogP contribution < -0.4 is 5.49 Å². The first kappa shape index (κ1) is 21.5. The molecule has 0 aliphatic heterocycles. The number of hydrogen-bond acceptors (Lipinski definition) is 5. The monoisotopic (exact) mass is 448 g/mol. The second-order valence-electron chi connectivity index (χ2n) is 8.27. The summed E-state index contributed by atoms with van der Waals surface area (Å²) < 4.78 is 3.41. The molecule has 0 radical (unpaired) electrons. The van der Waals surface area contributed by atoms with Crippen LogP contribution in [-0.4, -0.2) is 36.3 Å². The lowest BCUT2D eigenvalue weighted by Gasteiger charge is -2.11. The lowest BCUT2D eigenvalue weighted by molar-refractivity contribution is 0.0956. The molecule has 0 saturated carbocycles. The van der Waals surface area contributed by atoms with Crippen LogP contribution in [-0.2, 0) is 6.54 Å². The van der Waals surface area contributed by atoms with Crippen molar-refractivity contribution < 1.29 is 4.79 Å². The zero-order chi connectivity index (χ0) is 23.5. The molecule has 0 N–H and O–H groups in total. The van der Waals surface area contributed by atoms with Crippen LogP contribution in [0.1, 0.15) is 29.8 Å². The molecule has 168 valence electrons. The van der Waals surface area contributed by atoms with E-state index >= 15 is 0 Å². The molecule has 7 nitrogen and oxygen atoms in total. The number of rotatable bonds is 5. The fraction of sp³-hybridized carbons (Fsp3) is 0.148. The van der Waals surface area contributed by atoms with Crippen LogP contribution in [0.25, 0.3) is 22.3 Å². The molecule has 0 spiro atoms. The van der Waals surface area contributed by atoms with Crippen molar-refractivity contribution in [1.29, 1.82) is 0 Å². The highest BCUT2D eigenvalue weighted by molar-refractivity contribution is 6.07. The molecule has 34 heavy (non-hydrogen) atoms. The van der Waals surface area contributed by atoms with Gasteiger partial charge in [-0.15, -0.1) is 0 Å². The predicted octanol–water partition coefficient (Wildman–Crippen LogP) is 4.34. The molecular weight excluding hydrogens is 424 g/mol. The molecule has 0 aliphatic rings. The van der Waals surface area contributed by atoms with E-state index in [0.717, 1.165) is 11.1 Å². The van der Waals surface area contributed by atoms with Gasteiger partial charge in [0.2, 0.25) is 0 Å². The fourth-order valence-electron chi connectivity index (χ4n) is 3.86. The fourth-order valence-corrected chi connectivity index (χ4v) is 3.86. The predicted molar refractivity (Wildman–Crippen MR) is 131 cm³/mol. The first-order valence-electron chi connectivity index (χ1n) is 11.2. The van der Waals surface area contributed by atoms with E-state index in [1.54, 1.807) is 29.4 Å². The zero-order valence-electron chi connectivity index (χ0n) is 19.0. The van der Waals surface area contributed by atoms with Crippen LogP contribution in [0.2, 0.25) is 0 Å². The molecule has 0 saturated heterocycles. The Hall–Kier alpha value is -4.39. The van der Waals surface area contributed by atoms with Crippen molar-refractivity contribution in [3.63, 3.8) is 0 Å². The largest absolute Gasteiger partial charge is 0.268 e. The van der Waals surface area contributed by atoms with E-state index in [-0.39, 0.29) is 11.9 Å². The van der Waals surface area contributed by atoms with Gasteiger partial charge in [0.1, 0.15) is 5.49 Å². The second-order valence-corrected chi connectivity index (χ2v) is 8.27. The Kier molecular flexibility index (Phi) is 5.82. The molecule has 4 heterocycles. The average Bonchev–Trinajstić information content (AvgIpc) is 3.27. The number of benzene rings is 1. The third kappa shape index (κ3) is 4.28. The molecule has 0 bridgehead atoms. The van der Waals surface area contributed by atoms with Gasteiger partial charge in [-0.25, -0.2) is 9.67 Å². The van der Waals surface area contributed by atoms with Crippen molar-refractivity contribution >= 4 is 16.9 Å². The molecule has 1 aromatic carbocycles. The molecular formula is C27H24N6O.